The molecule has 29 heavy (non-hydrogen) atoms. The molecule has 0 saturated carbocycles. The average Bonchev–Trinajstić information content (AvgIpc) is 2.75. The summed E-state index contributed by atoms with van der Waals surface area (Å²) in [7, 11) is -0.620. The van der Waals surface area contributed by atoms with Crippen LogP contribution in [0, 0.1) is 0 Å². The molecule has 0 fully saturated rings. The molecule has 0 aromatic heterocycles. The van der Waals surface area contributed by atoms with Gasteiger partial charge in [-0.3, -0.25) is 4.79 Å². The first-order valence-electron chi connectivity index (χ1n) is 9.00. The van der Waals surface area contributed by atoms with Crippen LogP contribution in [0.5, 0.6) is 11.5 Å². The minimum atomic E-state index is -3.62. The highest BCUT2D eigenvalue weighted by molar-refractivity contribution is 7.89. The Bertz CT molecular complexity index is 1100. The number of amides is 1. The van der Waals surface area contributed by atoms with Crippen molar-refractivity contribution in [1.82, 2.24) is 9.62 Å². The lowest BCUT2D eigenvalue weighted by Gasteiger charge is -2.20. The molecule has 0 bridgehead atoms. The number of hydrogen-bond donors (Lipinski definition) is 1. The van der Waals surface area contributed by atoms with Crippen molar-refractivity contribution in [1.29, 1.82) is 0 Å². The predicted molar refractivity (Wildman–Crippen MR) is 111 cm³/mol. The fourth-order valence-corrected chi connectivity index (χ4v) is 3.59. The molecule has 1 N–H and O–H groups in total. The molecule has 3 aromatic carbocycles. The number of nitrogens with zero attached hydrogens (tertiary/aromatic N) is 1. The molecule has 3 aromatic rings. The van der Waals surface area contributed by atoms with Crippen molar-refractivity contribution in [2.75, 3.05) is 14.1 Å². The highest BCUT2D eigenvalue weighted by atomic mass is 32.2. The van der Waals surface area contributed by atoms with Crippen molar-refractivity contribution in [3.8, 4) is 11.5 Å². The summed E-state index contributed by atoms with van der Waals surface area (Å²) in [6.45, 7) is 0.310. The molecule has 0 atom stereocenters. The van der Waals surface area contributed by atoms with Crippen molar-refractivity contribution in [3.05, 3.63) is 90.0 Å². The summed E-state index contributed by atoms with van der Waals surface area (Å²) >= 11 is 0. The van der Waals surface area contributed by atoms with E-state index in [1.807, 2.05) is 54.6 Å². The number of para-hydroxylation sites is 2. The third-order valence-corrected chi connectivity index (χ3v) is 5.77. The first kappa shape index (κ1) is 20.6. The van der Waals surface area contributed by atoms with Gasteiger partial charge in [0, 0.05) is 24.7 Å². The maximum Gasteiger partial charge on any atom is 0.253 e. The van der Waals surface area contributed by atoms with E-state index in [9.17, 15) is 13.2 Å². The van der Waals surface area contributed by atoms with E-state index in [0.717, 1.165) is 5.56 Å². The molecular formula is C22H22N2O4S. The van der Waals surface area contributed by atoms with Crippen LogP contribution < -0.4 is 9.46 Å². The van der Waals surface area contributed by atoms with Gasteiger partial charge in [0.1, 0.15) is 11.5 Å². The summed E-state index contributed by atoms with van der Waals surface area (Å²) in [5.74, 6) is 1.08. The van der Waals surface area contributed by atoms with Crippen LogP contribution in [-0.2, 0) is 16.6 Å². The number of benzene rings is 3. The van der Waals surface area contributed by atoms with E-state index in [1.165, 1.54) is 24.1 Å². The van der Waals surface area contributed by atoms with E-state index >= 15 is 0 Å². The maximum absolute atomic E-state index is 12.9. The zero-order valence-corrected chi connectivity index (χ0v) is 17.0. The van der Waals surface area contributed by atoms with Crippen molar-refractivity contribution in [3.63, 3.8) is 0 Å². The molecule has 7 heteroatoms. The Hall–Kier alpha value is -3.16. The smallest absolute Gasteiger partial charge is 0.253 e. The lowest BCUT2D eigenvalue weighted by molar-refractivity contribution is 0.0784. The fourth-order valence-electron chi connectivity index (χ4n) is 2.81. The number of sulfonamides is 1. The molecule has 3 rings (SSSR count). The number of nitrogens with one attached hydrogen (secondary N) is 1. The van der Waals surface area contributed by atoms with Crippen LogP contribution in [-0.4, -0.2) is 33.3 Å². The van der Waals surface area contributed by atoms with E-state index in [1.54, 1.807) is 19.2 Å². The highest BCUT2D eigenvalue weighted by Crippen LogP contribution is 2.26. The topological polar surface area (TPSA) is 75.7 Å². The maximum atomic E-state index is 12.9. The Kier molecular flexibility index (Phi) is 6.31. The van der Waals surface area contributed by atoms with Crippen molar-refractivity contribution < 1.29 is 17.9 Å². The van der Waals surface area contributed by atoms with Gasteiger partial charge in [-0.25, -0.2) is 13.1 Å². The Morgan fingerprint density at radius 3 is 2.38 bits per heavy atom. The van der Waals surface area contributed by atoms with E-state index in [2.05, 4.69) is 4.72 Å². The Labute approximate surface area is 170 Å². The molecule has 0 radical (unpaired) electrons. The molecule has 0 aliphatic rings. The zero-order valence-electron chi connectivity index (χ0n) is 16.2. The van der Waals surface area contributed by atoms with Crippen LogP contribution in [0.15, 0.2) is 83.8 Å². The second-order valence-electron chi connectivity index (χ2n) is 6.42. The lowest BCUT2D eigenvalue weighted by atomic mass is 10.1. The number of rotatable bonds is 7. The van der Waals surface area contributed by atoms with Gasteiger partial charge in [0.15, 0.2) is 0 Å². The SMILES string of the molecule is CNS(=O)(=O)c1cccc(C(=O)N(C)Cc2ccccc2Oc2ccccc2)c1. The first-order chi connectivity index (χ1) is 13.9. The van der Waals surface area contributed by atoms with E-state index in [0.29, 0.717) is 23.6 Å². The normalized spacial score (nSPS) is 11.1. The number of carbonyl (C=O) groups excluding carboxylic acids is 1. The minimum Gasteiger partial charge on any atom is -0.457 e. The molecule has 0 unspecified atom stereocenters. The van der Waals surface area contributed by atoms with Gasteiger partial charge in [0.05, 0.1) is 4.90 Å². The van der Waals surface area contributed by atoms with Crippen LogP contribution in [0.4, 0.5) is 0 Å². The molecule has 0 heterocycles. The predicted octanol–water partition coefficient (Wildman–Crippen LogP) is 3.66. The van der Waals surface area contributed by atoms with Gasteiger partial charge in [0.2, 0.25) is 10.0 Å². The average molecular weight is 410 g/mol. The third kappa shape index (κ3) is 5.01. The molecule has 0 aliphatic carbocycles. The van der Waals surface area contributed by atoms with Gasteiger partial charge in [-0.15, -0.1) is 0 Å². The van der Waals surface area contributed by atoms with E-state index in [4.69, 9.17) is 4.74 Å². The van der Waals surface area contributed by atoms with Gasteiger partial charge < -0.3 is 9.64 Å². The highest BCUT2D eigenvalue weighted by Gasteiger charge is 2.18. The Balaban J connectivity index is 1.80. The molecule has 0 aliphatic heterocycles. The largest absolute Gasteiger partial charge is 0.457 e. The Morgan fingerprint density at radius 1 is 0.966 bits per heavy atom. The summed E-state index contributed by atoms with van der Waals surface area (Å²) in [6.07, 6.45) is 0. The quantitative estimate of drug-likeness (QED) is 0.645. The van der Waals surface area contributed by atoms with E-state index in [-0.39, 0.29) is 10.8 Å². The van der Waals surface area contributed by atoms with Gasteiger partial charge in [-0.2, -0.15) is 0 Å². The summed E-state index contributed by atoms with van der Waals surface area (Å²) < 4.78 is 32.2. The van der Waals surface area contributed by atoms with Crippen molar-refractivity contribution >= 4 is 15.9 Å². The van der Waals surface area contributed by atoms with Gasteiger partial charge in [-0.05, 0) is 43.4 Å². The van der Waals surface area contributed by atoms with E-state index < -0.39 is 10.0 Å². The van der Waals surface area contributed by atoms with Crippen molar-refractivity contribution in [2.45, 2.75) is 11.4 Å². The fraction of sp³-hybridized carbons (Fsp3) is 0.136. The monoisotopic (exact) mass is 410 g/mol. The van der Waals surface area contributed by atoms with Crippen LogP contribution in [0.25, 0.3) is 0 Å². The first-order valence-corrected chi connectivity index (χ1v) is 10.5. The summed E-state index contributed by atoms with van der Waals surface area (Å²) in [6, 6.07) is 22.9. The summed E-state index contributed by atoms with van der Waals surface area (Å²) in [5, 5.41) is 0. The van der Waals surface area contributed by atoms with Crippen molar-refractivity contribution in [2.24, 2.45) is 0 Å². The van der Waals surface area contributed by atoms with Gasteiger partial charge >= 0.3 is 0 Å². The second-order valence-corrected chi connectivity index (χ2v) is 8.31. The van der Waals surface area contributed by atoms with Crippen LogP contribution in [0.2, 0.25) is 0 Å². The lowest BCUT2D eigenvalue weighted by Crippen LogP contribution is -2.27. The molecule has 150 valence electrons. The van der Waals surface area contributed by atoms with Crippen LogP contribution in [0.1, 0.15) is 15.9 Å². The summed E-state index contributed by atoms with van der Waals surface area (Å²) in [4.78, 5) is 14.4. The van der Waals surface area contributed by atoms with Gasteiger partial charge in [0.25, 0.3) is 5.91 Å². The minimum absolute atomic E-state index is 0.0482. The zero-order chi connectivity index (χ0) is 20.9. The molecule has 0 spiro atoms. The molecule has 1 amide bonds. The van der Waals surface area contributed by atoms with Crippen LogP contribution in [0.3, 0.4) is 0 Å². The standard InChI is InChI=1S/C22H22N2O4S/c1-23-29(26,27)20-13-8-10-17(15-20)22(25)24(2)16-18-9-6-7-14-21(18)28-19-11-4-3-5-12-19/h3-15,23H,16H2,1-2H3. The molecule has 6 nitrogen and oxygen atoms in total. The molecular weight excluding hydrogens is 388 g/mol. The second kappa shape index (κ2) is 8.89. The number of ether oxygens (including phenoxy) is 1. The van der Waals surface area contributed by atoms with Crippen LogP contribution >= 0.6 is 0 Å². The Morgan fingerprint density at radius 2 is 1.66 bits per heavy atom. The van der Waals surface area contributed by atoms with Gasteiger partial charge in [-0.1, -0.05) is 42.5 Å². The third-order valence-electron chi connectivity index (χ3n) is 4.36. The number of hydrogen-bond acceptors (Lipinski definition) is 4. The summed E-state index contributed by atoms with van der Waals surface area (Å²) in [5.41, 5.74) is 1.14. The number of carbonyl (C=O) groups is 1. The molecule has 0 saturated heterocycles.